The summed E-state index contributed by atoms with van der Waals surface area (Å²) >= 11 is 0. The molecule has 1 atom stereocenters. The Hall–Kier alpha value is -2.22. The second-order valence-electron chi connectivity index (χ2n) is 9.48. The molecule has 4 heterocycles. The number of likely N-dealkylation sites (tertiary alicyclic amines) is 2. The van der Waals surface area contributed by atoms with Gasteiger partial charge in [-0.3, -0.25) is 9.59 Å². The molecule has 1 aromatic rings. The quantitative estimate of drug-likeness (QED) is 0.755. The molecule has 0 radical (unpaired) electrons. The number of carbonyl (C=O) groups is 2. The average molecular weight is 443 g/mol. The van der Waals surface area contributed by atoms with Crippen molar-refractivity contribution in [1.82, 2.24) is 24.7 Å². The molecular weight excluding hydrogens is 404 g/mol. The lowest BCUT2D eigenvalue weighted by Gasteiger charge is -2.37. The smallest absolute Gasteiger partial charge is 0.223 e. The predicted molar refractivity (Wildman–Crippen MR) is 124 cm³/mol. The molecule has 2 saturated heterocycles. The maximum atomic E-state index is 13.4. The second-order valence-corrected chi connectivity index (χ2v) is 9.48. The van der Waals surface area contributed by atoms with Gasteiger partial charge in [-0.2, -0.15) is 0 Å². The fraction of sp³-hybridized carbons (Fsp3) is 0.750. The third kappa shape index (κ3) is 4.90. The van der Waals surface area contributed by atoms with Crippen molar-refractivity contribution in [2.45, 2.75) is 71.4 Å². The fourth-order valence-corrected chi connectivity index (χ4v) is 5.43. The van der Waals surface area contributed by atoms with Gasteiger partial charge in [-0.05, 0) is 57.7 Å². The molecule has 0 bridgehead atoms. The van der Waals surface area contributed by atoms with Gasteiger partial charge >= 0.3 is 0 Å². The zero-order valence-electron chi connectivity index (χ0n) is 19.9. The minimum Gasteiger partial charge on any atom is -0.373 e. The van der Waals surface area contributed by atoms with Crippen LogP contribution in [0.1, 0.15) is 75.5 Å². The Labute approximate surface area is 191 Å². The summed E-state index contributed by atoms with van der Waals surface area (Å²) in [7, 11) is 1.87. The lowest BCUT2D eigenvalue weighted by molar-refractivity contribution is -0.136. The molecule has 3 aliphatic rings. The summed E-state index contributed by atoms with van der Waals surface area (Å²) in [6, 6.07) is -0.0461. The molecular formula is C24H38N6O2. The maximum Gasteiger partial charge on any atom is 0.223 e. The van der Waals surface area contributed by atoms with E-state index in [-0.39, 0.29) is 17.9 Å². The highest BCUT2D eigenvalue weighted by molar-refractivity contribution is 5.77. The Bertz CT molecular complexity index is 819. The molecule has 0 unspecified atom stereocenters. The Morgan fingerprint density at radius 2 is 1.84 bits per heavy atom. The van der Waals surface area contributed by atoms with Crippen LogP contribution in [0.3, 0.4) is 0 Å². The molecule has 3 aliphatic heterocycles. The predicted octanol–water partition coefficient (Wildman–Crippen LogP) is 2.60. The van der Waals surface area contributed by atoms with Gasteiger partial charge in [0.15, 0.2) is 5.82 Å². The standard InChI is InChI=1S/C24H38N6O2/c1-4-28-12-8-18(9-13-28)15-22(32)30-11-6-5-7-21(30)24-26-20-10-14-29(17(2)31)16-19(20)23(25-3)27-24/h18,21H,4-16H2,1-3H3,(H,25,26,27)/t21-/m1/s1. The van der Waals surface area contributed by atoms with Crippen LogP contribution < -0.4 is 5.32 Å². The van der Waals surface area contributed by atoms with Gasteiger partial charge in [-0.15, -0.1) is 0 Å². The molecule has 0 aliphatic carbocycles. The fourth-order valence-electron chi connectivity index (χ4n) is 5.43. The van der Waals surface area contributed by atoms with Gasteiger partial charge in [0.2, 0.25) is 11.8 Å². The molecule has 32 heavy (non-hydrogen) atoms. The van der Waals surface area contributed by atoms with Gasteiger partial charge in [0, 0.05) is 45.5 Å². The highest BCUT2D eigenvalue weighted by Gasteiger charge is 2.33. The second kappa shape index (κ2) is 10.1. The molecule has 176 valence electrons. The van der Waals surface area contributed by atoms with Crippen LogP contribution in [0.4, 0.5) is 5.82 Å². The molecule has 8 nitrogen and oxygen atoms in total. The highest BCUT2D eigenvalue weighted by atomic mass is 16.2. The van der Waals surface area contributed by atoms with Crippen molar-refractivity contribution in [2.75, 3.05) is 45.1 Å². The van der Waals surface area contributed by atoms with E-state index in [1.165, 1.54) is 0 Å². The lowest BCUT2D eigenvalue weighted by atomic mass is 9.91. The normalized spacial score (nSPS) is 22.5. The summed E-state index contributed by atoms with van der Waals surface area (Å²) in [5.41, 5.74) is 2.02. The van der Waals surface area contributed by atoms with Crippen molar-refractivity contribution in [3.63, 3.8) is 0 Å². The Balaban J connectivity index is 1.51. The number of amides is 2. The van der Waals surface area contributed by atoms with E-state index >= 15 is 0 Å². The number of piperidine rings is 2. The Morgan fingerprint density at radius 3 is 2.53 bits per heavy atom. The SMILES string of the molecule is CCN1CCC(CC(=O)N2CCCC[C@@H]2c2nc3c(c(NC)n2)CN(C(C)=O)CC3)CC1. The molecule has 2 fully saturated rings. The Morgan fingerprint density at radius 1 is 1.06 bits per heavy atom. The van der Waals surface area contributed by atoms with E-state index in [2.05, 4.69) is 22.0 Å². The van der Waals surface area contributed by atoms with Crippen molar-refractivity contribution in [1.29, 1.82) is 0 Å². The van der Waals surface area contributed by atoms with Crippen LogP contribution in [0.2, 0.25) is 0 Å². The largest absolute Gasteiger partial charge is 0.373 e. The van der Waals surface area contributed by atoms with Crippen molar-refractivity contribution in [3.05, 3.63) is 17.1 Å². The number of hydrogen-bond acceptors (Lipinski definition) is 6. The summed E-state index contributed by atoms with van der Waals surface area (Å²) in [4.78, 5) is 41.4. The molecule has 2 amide bonds. The first kappa shape index (κ1) is 23.0. The summed E-state index contributed by atoms with van der Waals surface area (Å²) in [6.45, 7) is 9.16. The number of nitrogens with one attached hydrogen (secondary N) is 1. The van der Waals surface area contributed by atoms with E-state index in [9.17, 15) is 9.59 Å². The van der Waals surface area contributed by atoms with Crippen molar-refractivity contribution in [3.8, 4) is 0 Å². The van der Waals surface area contributed by atoms with Gasteiger partial charge in [-0.1, -0.05) is 6.92 Å². The van der Waals surface area contributed by atoms with Crippen LogP contribution in [0.25, 0.3) is 0 Å². The number of fused-ring (bicyclic) bond motifs is 1. The van der Waals surface area contributed by atoms with Crippen LogP contribution >= 0.6 is 0 Å². The first-order valence-electron chi connectivity index (χ1n) is 12.3. The Kier molecular flexibility index (Phi) is 7.28. The summed E-state index contributed by atoms with van der Waals surface area (Å²) in [5.74, 6) is 2.39. The van der Waals surface area contributed by atoms with Crippen molar-refractivity contribution in [2.24, 2.45) is 5.92 Å². The van der Waals surface area contributed by atoms with Gasteiger partial charge in [0.1, 0.15) is 5.82 Å². The van der Waals surface area contributed by atoms with E-state index in [4.69, 9.17) is 9.97 Å². The molecule has 1 aromatic heterocycles. The molecule has 0 saturated carbocycles. The number of carbonyl (C=O) groups excluding carboxylic acids is 2. The average Bonchev–Trinajstić information content (AvgIpc) is 2.83. The molecule has 4 rings (SSSR count). The van der Waals surface area contributed by atoms with Gasteiger partial charge < -0.3 is 20.0 Å². The summed E-state index contributed by atoms with van der Waals surface area (Å²) in [5, 5.41) is 3.22. The number of rotatable bonds is 5. The van der Waals surface area contributed by atoms with Gasteiger partial charge in [0.25, 0.3) is 0 Å². The monoisotopic (exact) mass is 442 g/mol. The topological polar surface area (TPSA) is 81.7 Å². The van der Waals surface area contributed by atoms with E-state index in [1.54, 1.807) is 6.92 Å². The van der Waals surface area contributed by atoms with Crippen molar-refractivity contribution < 1.29 is 9.59 Å². The zero-order valence-corrected chi connectivity index (χ0v) is 19.9. The lowest BCUT2D eigenvalue weighted by Crippen LogP contribution is -2.42. The van der Waals surface area contributed by atoms with Crippen LogP contribution in [0.5, 0.6) is 0 Å². The molecule has 8 heteroatoms. The van der Waals surface area contributed by atoms with Crippen LogP contribution in [0, 0.1) is 5.92 Å². The van der Waals surface area contributed by atoms with Crippen molar-refractivity contribution >= 4 is 17.6 Å². The minimum absolute atomic E-state index is 0.0461. The molecule has 0 aromatic carbocycles. The third-order valence-electron chi connectivity index (χ3n) is 7.50. The van der Waals surface area contributed by atoms with Gasteiger partial charge in [-0.25, -0.2) is 9.97 Å². The summed E-state index contributed by atoms with van der Waals surface area (Å²) in [6.07, 6.45) is 6.67. The number of nitrogens with zero attached hydrogens (tertiary/aromatic N) is 5. The maximum absolute atomic E-state index is 13.4. The summed E-state index contributed by atoms with van der Waals surface area (Å²) < 4.78 is 0. The van der Waals surface area contributed by atoms with Gasteiger partial charge in [0.05, 0.1) is 18.3 Å². The van der Waals surface area contributed by atoms with Crippen LogP contribution in [0.15, 0.2) is 0 Å². The van der Waals surface area contributed by atoms with Crippen LogP contribution in [-0.4, -0.2) is 76.3 Å². The van der Waals surface area contributed by atoms with Crippen LogP contribution in [-0.2, 0) is 22.6 Å². The zero-order chi connectivity index (χ0) is 22.7. The third-order valence-corrected chi connectivity index (χ3v) is 7.50. The van der Waals surface area contributed by atoms with E-state index in [0.717, 1.165) is 87.6 Å². The first-order valence-corrected chi connectivity index (χ1v) is 12.3. The first-order chi connectivity index (χ1) is 15.5. The van der Waals surface area contributed by atoms with E-state index < -0.39 is 0 Å². The number of anilines is 1. The van der Waals surface area contributed by atoms with E-state index in [1.807, 2.05) is 11.9 Å². The number of aromatic nitrogens is 2. The molecule has 1 N–H and O–H groups in total. The molecule has 0 spiro atoms. The van der Waals surface area contributed by atoms with E-state index in [0.29, 0.717) is 25.4 Å². The number of hydrogen-bond donors (Lipinski definition) is 1. The minimum atomic E-state index is -0.0461. The highest BCUT2D eigenvalue weighted by Crippen LogP contribution is 2.34.